The zero-order valence-electron chi connectivity index (χ0n) is 9.39. The molecular weight excluding hydrogens is 208 g/mol. The first-order valence-corrected chi connectivity index (χ1v) is 5.53. The summed E-state index contributed by atoms with van der Waals surface area (Å²) in [6.45, 7) is 1.97. The molecule has 6 heteroatoms. The van der Waals surface area contributed by atoms with E-state index in [1.54, 1.807) is 4.57 Å². The Morgan fingerprint density at radius 2 is 2.00 bits per heavy atom. The maximum Gasteiger partial charge on any atom is 0.311 e. The van der Waals surface area contributed by atoms with Crippen molar-refractivity contribution in [3.8, 4) is 0 Å². The van der Waals surface area contributed by atoms with Gasteiger partial charge in [-0.15, -0.1) is 10.2 Å². The summed E-state index contributed by atoms with van der Waals surface area (Å²) in [5.74, 6) is 0.421. The number of anilines is 1. The minimum atomic E-state index is -0.874. The van der Waals surface area contributed by atoms with Crippen LogP contribution in [0.3, 0.4) is 0 Å². The number of nitrogens with zero attached hydrogens (tertiary/aromatic N) is 4. The molecule has 0 aliphatic carbocycles. The zero-order chi connectivity index (χ0) is 11.5. The van der Waals surface area contributed by atoms with Crippen molar-refractivity contribution < 1.29 is 9.90 Å². The molecule has 0 saturated carbocycles. The third kappa shape index (κ3) is 2.15. The van der Waals surface area contributed by atoms with Crippen LogP contribution in [-0.4, -0.2) is 38.9 Å². The molecule has 0 spiro atoms. The number of aliphatic carboxylic acids is 1. The standard InChI is InChI=1S/C10H16N4O2/c1-13-8(7-9(15)16)11-12-10(13)14-5-3-2-4-6-14/h2-7H2,1H3,(H,15,16). The second-order valence-corrected chi connectivity index (χ2v) is 4.09. The topological polar surface area (TPSA) is 71.2 Å². The van der Waals surface area contributed by atoms with Crippen LogP contribution in [0.25, 0.3) is 0 Å². The van der Waals surface area contributed by atoms with Crippen LogP contribution in [0.4, 0.5) is 5.95 Å². The summed E-state index contributed by atoms with van der Waals surface area (Å²) < 4.78 is 1.78. The van der Waals surface area contributed by atoms with Gasteiger partial charge in [-0.1, -0.05) is 0 Å². The van der Waals surface area contributed by atoms with Crippen molar-refractivity contribution in [2.75, 3.05) is 18.0 Å². The Hall–Kier alpha value is -1.59. The normalized spacial score (nSPS) is 16.4. The summed E-state index contributed by atoms with van der Waals surface area (Å²) in [4.78, 5) is 12.8. The van der Waals surface area contributed by atoms with E-state index < -0.39 is 5.97 Å². The smallest absolute Gasteiger partial charge is 0.311 e. The number of rotatable bonds is 3. The van der Waals surface area contributed by atoms with Crippen LogP contribution in [0.2, 0.25) is 0 Å². The largest absolute Gasteiger partial charge is 0.481 e. The van der Waals surface area contributed by atoms with Crippen LogP contribution in [-0.2, 0) is 18.3 Å². The molecule has 0 radical (unpaired) electrons. The molecule has 2 rings (SSSR count). The number of carboxylic acid groups (broad SMARTS) is 1. The molecule has 1 aromatic heterocycles. The highest BCUT2D eigenvalue weighted by atomic mass is 16.4. The molecule has 1 aliphatic heterocycles. The fourth-order valence-corrected chi connectivity index (χ4v) is 2.01. The lowest BCUT2D eigenvalue weighted by molar-refractivity contribution is -0.136. The van der Waals surface area contributed by atoms with Gasteiger partial charge in [0.15, 0.2) is 0 Å². The van der Waals surface area contributed by atoms with Crippen molar-refractivity contribution in [1.82, 2.24) is 14.8 Å². The summed E-state index contributed by atoms with van der Waals surface area (Å²) in [7, 11) is 1.82. The van der Waals surface area contributed by atoms with Crippen molar-refractivity contribution in [2.24, 2.45) is 7.05 Å². The predicted molar refractivity (Wildman–Crippen MR) is 58.4 cm³/mol. The quantitative estimate of drug-likeness (QED) is 0.806. The summed E-state index contributed by atoms with van der Waals surface area (Å²) >= 11 is 0. The molecule has 1 aromatic rings. The number of carboxylic acids is 1. The Morgan fingerprint density at radius 1 is 1.31 bits per heavy atom. The highest BCUT2D eigenvalue weighted by Gasteiger charge is 2.18. The molecule has 0 unspecified atom stereocenters. The fourth-order valence-electron chi connectivity index (χ4n) is 2.01. The minimum absolute atomic E-state index is 0.0721. The first kappa shape index (κ1) is 10.9. The van der Waals surface area contributed by atoms with Crippen molar-refractivity contribution in [3.05, 3.63) is 5.82 Å². The lowest BCUT2D eigenvalue weighted by Gasteiger charge is -2.26. The monoisotopic (exact) mass is 224 g/mol. The number of piperidine rings is 1. The van der Waals surface area contributed by atoms with Crippen molar-refractivity contribution in [1.29, 1.82) is 0 Å². The summed E-state index contributed by atoms with van der Waals surface area (Å²) in [6, 6.07) is 0. The molecule has 0 amide bonds. The van der Waals surface area contributed by atoms with E-state index in [0.717, 1.165) is 19.0 Å². The van der Waals surface area contributed by atoms with E-state index in [-0.39, 0.29) is 6.42 Å². The SMILES string of the molecule is Cn1c(CC(=O)O)nnc1N1CCCCC1. The van der Waals surface area contributed by atoms with Gasteiger partial charge in [0.2, 0.25) is 5.95 Å². The van der Waals surface area contributed by atoms with E-state index >= 15 is 0 Å². The first-order valence-electron chi connectivity index (χ1n) is 5.53. The van der Waals surface area contributed by atoms with Crippen LogP contribution in [0.15, 0.2) is 0 Å². The first-order chi connectivity index (χ1) is 7.68. The molecule has 1 saturated heterocycles. The third-order valence-electron chi connectivity index (χ3n) is 2.89. The van der Waals surface area contributed by atoms with Crippen LogP contribution >= 0.6 is 0 Å². The lowest BCUT2D eigenvalue weighted by atomic mass is 10.1. The second kappa shape index (κ2) is 4.51. The Morgan fingerprint density at radius 3 is 2.62 bits per heavy atom. The lowest BCUT2D eigenvalue weighted by Crippen LogP contribution is -2.31. The van der Waals surface area contributed by atoms with E-state index in [2.05, 4.69) is 15.1 Å². The van der Waals surface area contributed by atoms with Gasteiger partial charge >= 0.3 is 5.97 Å². The van der Waals surface area contributed by atoms with E-state index in [1.807, 2.05) is 7.05 Å². The molecule has 1 fully saturated rings. The fraction of sp³-hybridized carbons (Fsp3) is 0.700. The average molecular weight is 224 g/mol. The van der Waals surface area contributed by atoms with Crippen LogP contribution in [0, 0.1) is 0 Å². The van der Waals surface area contributed by atoms with Gasteiger partial charge in [0.25, 0.3) is 0 Å². The van der Waals surface area contributed by atoms with Gasteiger partial charge in [-0.05, 0) is 19.3 Å². The molecule has 16 heavy (non-hydrogen) atoms. The van der Waals surface area contributed by atoms with Gasteiger partial charge in [0.05, 0.1) is 0 Å². The molecule has 1 N–H and O–H groups in total. The van der Waals surface area contributed by atoms with E-state index in [4.69, 9.17) is 5.11 Å². The Balaban J connectivity index is 2.15. The van der Waals surface area contributed by atoms with Crippen molar-refractivity contribution in [2.45, 2.75) is 25.7 Å². The molecule has 0 bridgehead atoms. The predicted octanol–water partition coefficient (Wildman–Crippen LogP) is 0.432. The molecule has 0 aromatic carbocycles. The summed E-state index contributed by atoms with van der Waals surface area (Å²) in [5.41, 5.74) is 0. The molecule has 0 atom stereocenters. The van der Waals surface area contributed by atoms with Gasteiger partial charge in [0, 0.05) is 20.1 Å². The van der Waals surface area contributed by atoms with Crippen LogP contribution in [0.1, 0.15) is 25.1 Å². The highest BCUT2D eigenvalue weighted by molar-refractivity contribution is 5.69. The molecule has 88 valence electrons. The van der Waals surface area contributed by atoms with Crippen LogP contribution in [0.5, 0.6) is 0 Å². The molecule has 1 aliphatic rings. The van der Waals surface area contributed by atoms with Crippen LogP contribution < -0.4 is 4.90 Å². The second-order valence-electron chi connectivity index (χ2n) is 4.09. The minimum Gasteiger partial charge on any atom is -0.481 e. The van der Waals surface area contributed by atoms with Crippen molar-refractivity contribution >= 4 is 11.9 Å². The number of aromatic nitrogens is 3. The van der Waals surface area contributed by atoms with Gasteiger partial charge in [0.1, 0.15) is 12.2 Å². The Kier molecular flexibility index (Phi) is 3.07. The van der Waals surface area contributed by atoms with Crippen molar-refractivity contribution in [3.63, 3.8) is 0 Å². The van der Waals surface area contributed by atoms with Gasteiger partial charge in [-0.3, -0.25) is 9.36 Å². The zero-order valence-corrected chi connectivity index (χ0v) is 9.39. The van der Waals surface area contributed by atoms with E-state index in [0.29, 0.717) is 5.82 Å². The Bertz CT molecular complexity index is 382. The average Bonchev–Trinajstić information content (AvgIpc) is 2.61. The highest BCUT2D eigenvalue weighted by Crippen LogP contribution is 2.17. The van der Waals surface area contributed by atoms with Gasteiger partial charge in [-0.25, -0.2) is 0 Å². The molecule has 6 nitrogen and oxygen atoms in total. The number of hydrogen-bond donors (Lipinski definition) is 1. The summed E-state index contributed by atoms with van der Waals surface area (Å²) in [6.07, 6.45) is 3.52. The molecule has 2 heterocycles. The number of carbonyl (C=O) groups is 1. The van der Waals surface area contributed by atoms with Gasteiger partial charge < -0.3 is 10.0 Å². The molecular formula is C10H16N4O2. The van der Waals surface area contributed by atoms with E-state index in [1.165, 1.54) is 19.3 Å². The van der Waals surface area contributed by atoms with E-state index in [9.17, 15) is 4.79 Å². The Labute approximate surface area is 93.9 Å². The maximum absolute atomic E-state index is 10.6. The number of hydrogen-bond acceptors (Lipinski definition) is 4. The maximum atomic E-state index is 10.6. The van der Waals surface area contributed by atoms with Gasteiger partial charge in [-0.2, -0.15) is 0 Å². The summed E-state index contributed by atoms with van der Waals surface area (Å²) in [5, 5.41) is 16.7. The third-order valence-corrected chi connectivity index (χ3v) is 2.89.